The molecule has 0 aromatic rings. The zero-order valence-corrected chi connectivity index (χ0v) is 12.5. The lowest BCUT2D eigenvalue weighted by molar-refractivity contribution is -0.187. The van der Waals surface area contributed by atoms with E-state index in [1.54, 1.807) is 13.8 Å². The summed E-state index contributed by atoms with van der Waals surface area (Å²) in [7, 11) is 0. The molecule has 2 fully saturated rings. The van der Waals surface area contributed by atoms with Crippen LogP contribution < -0.4 is 5.32 Å². The van der Waals surface area contributed by atoms with Gasteiger partial charge in [-0.05, 0) is 33.2 Å². The minimum atomic E-state index is -1.35. The summed E-state index contributed by atoms with van der Waals surface area (Å²) in [5.41, 5.74) is -1.35. The van der Waals surface area contributed by atoms with E-state index in [0.29, 0.717) is 0 Å². The second-order valence-corrected chi connectivity index (χ2v) is 5.37. The predicted molar refractivity (Wildman–Crippen MR) is 73.3 cm³/mol. The van der Waals surface area contributed by atoms with Gasteiger partial charge in [-0.1, -0.05) is 0 Å². The maximum atomic E-state index is 12.2. The number of carbonyl (C=O) groups excluding carboxylic acids is 3. The van der Waals surface area contributed by atoms with Gasteiger partial charge in [0.1, 0.15) is 0 Å². The first-order valence-electron chi connectivity index (χ1n) is 7.41. The van der Waals surface area contributed by atoms with Crippen molar-refractivity contribution in [2.45, 2.75) is 32.7 Å². The van der Waals surface area contributed by atoms with E-state index >= 15 is 0 Å². The molecule has 7 heteroatoms. The Hall–Kier alpha value is -1.63. The largest absolute Gasteiger partial charge is 0.465 e. The van der Waals surface area contributed by atoms with Crippen molar-refractivity contribution in [3.05, 3.63) is 0 Å². The Balaban J connectivity index is 2.03. The maximum Gasteiger partial charge on any atom is 0.327 e. The molecule has 1 amide bonds. The van der Waals surface area contributed by atoms with Gasteiger partial charge in [0.2, 0.25) is 5.91 Å². The van der Waals surface area contributed by atoms with Crippen LogP contribution >= 0.6 is 0 Å². The van der Waals surface area contributed by atoms with Crippen LogP contribution in [-0.4, -0.2) is 61.6 Å². The van der Waals surface area contributed by atoms with Crippen molar-refractivity contribution < 1.29 is 23.9 Å². The van der Waals surface area contributed by atoms with Crippen LogP contribution in [0.15, 0.2) is 0 Å². The number of nitrogens with zero attached hydrogens (tertiary/aromatic N) is 1. The molecule has 0 unspecified atom stereocenters. The van der Waals surface area contributed by atoms with Crippen LogP contribution in [0.5, 0.6) is 0 Å². The third-order valence-corrected chi connectivity index (χ3v) is 3.92. The van der Waals surface area contributed by atoms with E-state index in [4.69, 9.17) is 9.47 Å². The Morgan fingerprint density at radius 1 is 1.14 bits per heavy atom. The van der Waals surface area contributed by atoms with Gasteiger partial charge in [-0.2, -0.15) is 0 Å². The molecule has 1 atom stereocenters. The molecular formula is C14H22N2O5. The van der Waals surface area contributed by atoms with E-state index in [-0.39, 0.29) is 38.3 Å². The quantitative estimate of drug-likeness (QED) is 0.554. The number of ether oxygens (including phenoxy) is 2. The van der Waals surface area contributed by atoms with E-state index in [9.17, 15) is 14.4 Å². The molecule has 0 radical (unpaired) electrons. The average Bonchev–Trinajstić information content (AvgIpc) is 2.91. The Labute approximate surface area is 123 Å². The number of hydrogen-bond acceptors (Lipinski definition) is 6. The van der Waals surface area contributed by atoms with Gasteiger partial charge in [-0.15, -0.1) is 0 Å². The summed E-state index contributed by atoms with van der Waals surface area (Å²) in [6.07, 6.45) is 1.76. The summed E-state index contributed by atoms with van der Waals surface area (Å²) in [6, 6.07) is -0.201. The van der Waals surface area contributed by atoms with Crippen molar-refractivity contribution in [1.82, 2.24) is 10.2 Å². The molecule has 118 valence electrons. The molecule has 0 aliphatic carbocycles. The smallest absolute Gasteiger partial charge is 0.327 e. The second kappa shape index (κ2) is 6.43. The fraction of sp³-hybridized carbons (Fsp3) is 0.786. The molecule has 2 saturated heterocycles. The van der Waals surface area contributed by atoms with Crippen LogP contribution in [0.2, 0.25) is 0 Å². The van der Waals surface area contributed by atoms with Gasteiger partial charge in [0.15, 0.2) is 5.41 Å². The van der Waals surface area contributed by atoms with Gasteiger partial charge >= 0.3 is 11.9 Å². The number of hydrogen-bond donors (Lipinski definition) is 1. The molecular weight excluding hydrogens is 276 g/mol. The molecule has 0 aromatic carbocycles. The monoisotopic (exact) mass is 298 g/mol. The fourth-order valence-electron chi connectivity index (χ4n) is 2.76. The van der Waals surface area contributed by atoms with E-state index in [2.05, 4.69) is 5.32 Å². The first-order chi connectivity index (χ1) is 10.0. The minimum absolute atomic E-state index is 0.0433. The zero-order chi connectivity index (χ0) is 15.5. The number of likely N-dealkylation sites (tertiary alicyclic amines) is 1. The molecule has 1 N–H and O–H groups in total. The van der Waals surface area contributed by atoms with Crippen LogP contribution in [0.1, 0.15) is 26.7 Å². The van der Waals surface area contributed by atoms with Crippen molar-refractivity contribution in [3.8, 4) is 0 Å². The number of carbonyl (C=O) groups is 3. The summed E-state index contributed by atoms with van der Waals surface area (Å²) in [5, 5.41) is 3.12. The SMILES string of the molecule is CCOC(=O)C1(C(=O)OCC)CN(C(=O)[C@@H]2CCCN2)C1. The zero-order valence-electron chi connectivity index (χ0n) is 12.5. The number of amides is 1. The van der Waals surface area contributed by atoms with Crippen molar-refractivity contribution in [1.29, 1.82) is 0 Å². The molecule has 0 spiro atoms. The van der Waals surface area contributed by atoms with E-state index < -0.39 is 17.4 Å². The Kier molecular flexibility index (Phi) is 4.82. The van der Waals surface area contributed by atoms with Gasteiger partial charge < -0.3 is 19.7 Å². The number of esters is 2. The van der Waals surface area contributed by atoms with Crippen molar-refractivity contribution in [2.75, 3.05) is 32.8 Å². The maximum absolute atomic E-state index is 12.2. The van der Waals surface area contributed by atoms with E-state index in [1.165, 1.54) is 4.90 Å². The average molecular weight is 298 g/mol. The van der Waals surface area contributed by atoms with Crippen LogP contribution in [-0.2, 0) is 23.9 Å². The Bertz CT molecular complexity index is 405. The highest BCUT2D eigenvalue weighted by atomic mass is 16.6. The molecule has 0 saturated carbocycles. The summed E-state index contributed by atoms with van der Waals surface area (Å²) < 4.78 is 9.95. The topological polar surface area (TPSA) is 84.9 Å². The van der Waals surface area contributed by atoms with Gasteiger partial charge in [0.05, 0.1) is 19.3 Å². The predicted octanol–water partition coefficient (Wildman–Crippen LogP) is -0.307. The van der Waals surface area contributed by atoms with Crippen LogP contribution in [0.25, 0.3) is 0 Å². The molecule has 2 aliphatic heterocycles. The third-order valence-electron chi connectivity index (χ3n) is 3.92. The summed E-state index contributed by atoms with van der Waals surface area (Å²) in [5.74, 6) is -1.27. The van der Waals surface area contributed by atoms with E-state index in [0.717, 1.165) is 19.4 Å². The Morgan fingerprint density at radius 3 is 2.14 bits per heavy atom. The highest BCUT2D eigenvalue weighted by Gasteiger charge is 2.59. The molecule has 2 aliphatic rings. The van der Waals surface area contributed by atoms with Gasteiger partial charge in [-0.25, -0.2) is 0 Å². The summed E-state index contributed by atoms with van der Waals surface area (Å²) >= 11 is 0. The number of rotatable bonds is 5. The first kappa shape index (κ1) is 15.8. The first-order valence-corrected chi connectivity index (χ1v) is 7.41. The van der Waals surface area contributed by atoms with Gasteiger partial charge in [0, 0.05) is 13.1 Å². The van der Waals surface area contributed by atoms with Crippen molar-refractivity contribution in [3.63, 3.8) is 0 Å². The fourth-order valence-corrected chi connectivity index (χ4v) is 2.76. The molecule has 0 bridgehead atoms. The molecule has 2 rings (SSSR count). The lowest BCUT2D eigenvalue weighted by Crippen LogP contribution is -2.68. The van der Waals surface area contributed by atoms with Crippen LogP contribution in [0.4, 0.5) is 0 Å². The molecule has 2 heterocycles. The summed E-state index contributed by atoms with van der Waals surface area (Å²) in [6.45, 7) is 4.66. The number of nitrogens with one attached hydrogen (secondary N) is 1. The van der Waals surface area contributed by atoms with Gasteiger partial charge in [-0.3, -0.25) is 14.4 Å². The third kappa shape index (κ3) is 2.88. The highest BCUT2D eigenvalue weighted by molar-refractivity contribution is 6.03. The molecule has 0 aromatic heterocycles. The lowest BCUT2D eigenvalue weighted by Gasteiger charge is -2.46. The standard InChI is InChI=1S/C14H22N2O5/c1-3-20-12(18)14(13(19)21-4-2)8-16(9-14)11(17)10-6-5-7-15-10/h10,15H,3-9H2,1-2H3/t10-/m0/s1. The highest BCUT2D eigenvalue weighted by Crippen LogP contribution is 2.34. The molecule has 7 nitrogen and oxygen atoms in total. The van der Waals surface area contributed by atoms with Crippen molar-refractivity contribution >= 4 is 17.8 Å². The van der Waals surface area contributed by atoms with Gasteiger partial charge in [0.25, 0.3) is 0 Å². The normalized spacial score (nSPS) is 23.3. The summed E-state index contributed by atoms with van der Waals surface area (Å²) in [4.78, 5) is 37.9. The lowest BCUT2D eigenvalue weighted by atomic mass is 9.79. The molecule has 21 heavy (non-hydrogen) atoms. The second-order valence-electron chi connectivity index (χ2n) is 5.37. The van der Waals surface area contributed by atoms with Crippen LogP contribution in [0, 0.1) is 5.41 Å². The van der Waals surface area contributed by atoms with E-state index in [1.807, 2.05) is 0 Å². The minimum Gasteiger partial charge on any atom is -0.465 e. The Morgan fingerprint density at radius 2 is 1.71 bits per heavy atom. The van der Waals surface area contributed by atoms with Crippen LogP contribution in [0.3, 0.4) is 0 Å². The van der Waals surface area contributed by atoms with Crippen molar-refractivity contribution in [2.24, 2.45) is 5.41 Å².